The van der Waals surface area contributed by atoms with Crippen LogP contribution in [0.5, 0.6) is 5.75 Å². The molecule has 0 atom stereocenters. The summed E-state index contributed by atoms with van der Waals surface area (Å²) in [5.41, 5.74) is 0.755. The van der Waals surface area contributed by atoms with Crippen molar-refractivity contribution in [2.75, 3.05) is 26.7 Å². The first-order valence-electron chi connectivity index (χ1n) is 8.04. The fourth-order valence-corrected chi connectivity index (χ4v) is 4.52. The number of carbonyl (C=O) groups excluding carboxylic acids is 1. The van der Waals surface area contributed by atoms with Gasteiger partial charge in [-0.05, 0) is 37.5 Å². The van der Waals surface area contributed by atoms with Crippen molar-refractivity contribution in [2.24, 2.45) is 5.92 Å². The smallest absolute Gasteiger partial charge is 0.405 e. The Labute approximate surface area is 150 Å². The highest BCUT2D eigenvalue weighted by Gasteiger charge is 2.35. The van der Waals surface area contributed by atoms with E-state index in [0.717, 1.165) is 5.56 Å². The van der Waals surface area contributed by atoms with E-state index in [0.29, 0.717) is 0 Å². The molecule has 1 fully saturated rings. The van der Waals surface area contributed by atoms with E-state index >= 15 is 0 Å². The highest BCUT2D eigenvalue weighted by Crippen LogP contribution is 2.30. The Balaban J connectivity index is 2.05. The summed E-state index contributed by atoms with van der Waals surface area (Å²) in [5, 5.41) is 1.85. The number of aryl methyl sites for hydroxylation is 1. The number of hydrogen-bond donors (Lipinski definition) is 1. The number of methoxy groups -OCH3 is 1. The summed E-state index contributed by atoms with van der Waals surface area (Å²) >= 11 is 0. The summed E-state index contributed by atoms with van der Waals surface area (Å²) in [6, 6.07) is 4.81. The van der Waals surface area contributed by atoms with Gasteiger partial charge in [-0.2, -0.15) is 17.5 Å². The van der Waals surface area contributed by atoms with Gasteiger partial charge in [0.15, 0.2) is 0 Å². The summed E-state index contributed by atoms with van der Waals surface area (Å²) in [6.07, 6.45) is -4.14. The van der Waals surface area contributed by atoms with Gasteiger partial charge in [0.05, 0.1) is 7.11 Å². The van der Waals surface area contributed by atoms with Crippen molar-refractivity contribution >= 4 is 15.9 Å². The SMILES string of the molecule is COc1ccc(C)cc1S(=O)(=O)N1CCC(C(=O)NCC(F)(F)F)CC1. The monoisotopic (exact) mass is 394 g/mol. The molecule has 0 spiro atoms. The molecule has 2 rings (SSSR count). The Morgan fingerprint density at radius 2 is 1.92 bits per heavy atom. The third-order valence-electron chi connectivity index (χ3n) is 4.22. The van der Waals surface area contributed by atoms with Crippen molar-refractivity contribution in [1.82, 2.24) is 9.62 Å². The molecule has 26 heavy (non-hydrogen) atoms. The summed E-state index contributed by atoms with van der Waals surface area (Å²) in [6.45, 7) is 0.494. The fourth-order valence-electron chi connectivity index (χ4n) is 2.81. The number of sulfonamides is 1. The van der Waals surface area contributed by atoms with E-state index < -0.39 is 34.6 Å². The van der Waals surface area contributed by atoms with Crippen LogP contribution in [0.2, 0.25) is 0 Å². The lowest BCUT2D eigenvalue weighted by Crippen LogP contribution is -2.44. The van der Waals surface area contributed by atoms with Crippen LogP contribution in [0.25, 0.3) is 0 Å². The number of nitrogens with one attached hydrogen (secondary N) is 1. The van der Waals surface area contributed by atoms with Crippen molar-refractivity contribution in [2.45, 2.75) is 30.8 Å². The largest absolute Gasteiger partial charge is 0.495 e. The lowest BCUT2D eigenvalue weighted by atomic mass is 9.97. The number of carbonyl (C=O) groups is 1. The van der Waals surface area contributed by atoms with Gasteiger partial charge in [0.2, 0.25) is 15.9 Å². The van der Waals surface area contributed by atoms with Crippen LogP contribution in [-0.4, -0.2) is 51.6 Å². The molecule has 1 heterocycles. The van der Waals surface area contributed by atoms with Crippen molar-refractivity contribution < 1.29 is 31.1 Å². The number of nitrogens with zero attached hydrogens (tertiary/aromatic N) is 1. The lowest BCUT2D eigenvalue weighted by molar-refractivity contribution is -0.141. The predicted octanol–water partition coefficient (Wildman–Crippen LogP) is 2.08. The first-order chi connectivity index (χ1) is 12.0. The summed E-state index contributed by atoms with van der Waals surface area (Å²) in [7, 11) is -2.44. The first-order valence-corrected chi connectivity index (χ1v) is 9.48. The Bertz CT molecular complexity index is 757. The minimum Gasteiger partial charge on any atom is -0.495 e. The number of alkyl halides is 3. The molecule has 1 aromatic carbocycles. The molecule has 0 bridgehead atoms. The van der Waals surface area contributed by atoms with E-state index in [9.17, 15) is 26.4 Å². The zero-order chi connectivity index (χ0) is 19.5. The zero-order valence-electron chi connectivity index (χ0n) is 14.5. The highest BCUT2D eigenvalue weighted by atomic mass is 32.2. The molecule has 0 saturated carbocycles. The topological polar surface area (TPSA) is 75.7 Å². The quantitative estimate of drug-likeness (QED) is 0.830. The average Bonchev–Trinajstić information content (AvgIpc) is 2.59. The Kier molecular flexibility index (Phi) is 6.17. The highest BCUT2D eigenvalue weighted by molar-refractivity contribution is 7.89. The molecular weight excluding hydrogens is 373 g/mol. The third kappa shape index (κ3) is 4.88. The molecule has 0 radical (unpaired) electrons. The first kappa shape index (κ1) is 20.5. The van der Waals surface area contributed by atoms with Gasteiger partial charge in [-0.1, -0.05) is 6.07 Å². The maximum atomic E-state index is 12.8. The zero-order valence-corrected chi connectivity index (χ0v) is 15.3. The second kappa shape index (κ2) is 7.83. The molecule has 146 valence electrons. The second-order valence-corrected chi connectivity index (χ2v) is 8.07. The van der Waals surface area contributed by atoms with E-state index in [2.05, 4.69) is 0 Å². The standard InChI is InChI=1S/C16H21F3N2O4S/c1-11-3-4-13(25-2)14(9-11)26(23,24)21-7-5-12(6-8-21)15(22)20-10-16(17,18)19/h3-4,9,12H,5-8,10H2,1-2H3,(H,20,22). The van der Waals surface area contributed by atoms with Crippen molar-refractivity contribution in [3.8, 4) is 5.75 Å². The number of hydrogen-bond acceptors (Lipinski definition) is 4. The predicted molar refractivity (Wildman–Crippen MR) is 88.3 cm³/mol. The van der Waals surface area contributed by atoms with Crippen molar-refractivity contribution in [3.63, 3.8) is 0 Å². The molecule has 1 N–H and O–H groups in total. The molecule has 10 heteroatoms. The Hall–Kier alpha value is -1.81. The molecule has 0 unspecified atom stereocenters. The van der Waals surface area contributed by atoms with E-state index in [1.807, 2.05) is 5.32 Å². The van der Waals surface area contributed by atoms with Crippen LogP contribution in [0.4, 0.5) is 13.2 Å². The summed E-state index contributed by atoms with van der Waals surface area (Å²) in [4.78, 5) is 11.9. The van der Waals surface area contributed by atoms with Crippen molar-refractivity contribution in [1.29, 1.82) is 0 Å². The van der Waals surface area contributed by atoms with Crippen LogP contribution < -0.4 is 10.1 Å². The molecule has 1 amide bonds. The Morgan fingerprint density at radius 3 is 2.46 bits per heavy atom. The molecule has 0 aliphatic carbocycles. The number of rotatable bonds is 5. The van der Waals surface area contributed by atoms with Crippen LogP contribution >= 0.6 is 0 Å². The minimum absolute atomic E-state index is 0.0416. The Morgan fingerprint density at radius 1 is 1.31 bits per heavy atom. The van der Waals surface area contributed by atoms with E-state index in [-0.39, 0.29) is 36.6 Å². The average molecular weight is 394 g/mol. The van der Waals surface area contributed by atoms with Crippen LogP contribution in [0.15, 0.2) is 23.1 Å². The minimum atomic E-state index is -4.47. The van der Waals surface area contributed by atoms with Crippen LogP contribution in [0, 0.1) is 12.8 Å². The van der Waals surface area contributed by atoms with Gasteiger partial charge in [0.25, 0.3) is 0 Å². The summed E-state index contributed by atoms with van der Waals surface area (Å²) < 4.78 is 68.6. The van der Waals surface area contributed by atoms with Gasteiger partial charge in [0.1, 0.15) is 17.2 Å². The molecule has 1 saturated heterocycles. The lowest BCUT2D eigenvalue weighted by Gasteiger charge is -2.31. The van der Waals surface area contributed by atoms with Gasteiger partial charge in [0, 0.05) is 19.0 Å². The molecule has 6 nitrogen and oxygen atoms in total. The number of piperidine rings is 1. The molecule has 1 aliphatic rings. The van der Waals surface area contributed by atoms with Crippen molar-refractivity contribution in [3.05, 3.63) is 23.8 Å². The fraction of sp³-hybridized carbons (Fsp3) is 0.562. The van der Waals surface area contributed by atoms with E-state index in [4.69, 9.17) is 4.74 Å². The molecule has 1 aromatic rings. The maximum Gasteiger partial charge on any atom is 0.405 e. The number of benzene rings is 1. The molecule has 0 aromatic heterocycles. The number of amides is 1. The normalized spacial score (nSPS) is 17.1. The van der Waals surface area contributed by atoms with Crippen LogP contribution in [0.1, 0.15) is 18.4 Å². The van der Waals surface area contributed by atoms with Gasteiger partial charge >= 0.3 is 6.18 Å². The van der Waals surface area contributed by atoms with Crippen LogP contribution in [-0.2, 0) is 14.8 Å². The maximum absolute atomic E-state index is 12.8. The van der Waals surface area contributed by atoms with E-state index in [1.165, 1.54) is 17.5 Å². The molecule has 1 aliphatic heterocycles. The number of ether oxygens (including phenoxy) is 1. The van der Waals surface area contributed by atoms with Gasteiger partial charge in [-0.25, -0.2) is 8.42 Å². The summed E-state index contributed by atoms with van der Waals surface area (Å²) in [5.74, 6) is -1.11. The second-order valence-electron chi connectivity index (χ2n) is 6.17. The van der Waals surface area contributed by atoms with Gasteiger partial charge < -0.3 is 10.1 Å². The third-order valence-corrected chi connectivity index (χ3v) is 6.14. The number of halogens is 3. The van der Waals surface area contributed by atoms with Crippen LogP contribution in [0.3, 0.4) is 0 Å². The van der Waals surface area contributed by atoms with E-state index in [1.54, 1.807) is 19.1 Å². The molecular formula is C16H21F3N2O4S. The van der Waals surface area contributed by atoms with Gasteiger partial charge in [-0.15, -0.1) is 0 Å². The van der Waals surface area contributed by atoms with Gasteiger partial charge in [-0.3, -0.25) is 4.79 Å².